The molecule has 1 atom stereocenters. The van der Waals surface area contributed by atoms with Crippen LogP contribution in [0, 0.1) is 5.92 Å². The Balaban J connectivity index is 2.83. The summed E-state index contributed by atoms with van der Waals surface area (Å²) < 4.78 is 4.57. The van der Waals surface area contributed by atoms with Gasteiger partial charge < -0.3 is 4.74 Å². The van der Waals surface area contributed by atoms with Gasteiger partial charge in [-0.25, -0.2) is 9.79 Å². The number of ether oxygens (including phenoxy) is 1. The van der Waals surface area contributed by atoms with Crippen molar-refractivity contribution >= 4 is 23.7 Å². The lowest BCUT2D eigenvalue weighted by molar-refractivity contribution is -0.143. The first kappa shape index (κ1) is 12.2. The third kappa shape index (κ3) is 2.56. The van der Waals surface area contributed by atoms with Crippen molar-refractivity contribution in [2.75, 3.05) is 7.11 Å². The molecule has 0 aromatic heterocycles. The van der Waals surface area contributed by atoms with E-state index < -0.39 is 23.8 Å². The van der Waals surface area contributed by atoms with Gasteiger partial charge in [-0.05, 0) is 5.92 Å². The number of guanidine groups is 1. The van der Waals surface area contributed by atoms with Crippen molar-refractivity contribution in [3.8, 4) is 0 Å². The van der Waals surface area contributed by atoms with Crippen molar-refractivity contribution in [2.24, 2.45) is 10.9 Å². The highest BCUT2D eigenvalue weighted by molar-refractivity contribution is 6.45. The number of hydrogen-bond acceptors (Lipinski definition) is 5. The SMILES string of the molecule is COC(=O)C(N=C1NC(=O)C(=O)N1)C(C)C. The minimum Gasteiger partial charge on any atom is -0.467 e. The van der Waals surface area contributed by atoms with Crippen LogP contribution < -0.4 is 10.6 Å². The maximum Gasteiger partial charge on any atom is 0.330 e. The van der Waals surface area contributed by atoms with E-state index in [0.717, 1.165) is 0 Å². The maximum absolute atomic E-state index is 11.3. The van der Waals surface area contributed by atoms with Gasteiger partial charge in [0.2, 0.25) is 5.96 Å². The van der Waals surface area contributed by atoms with E-state index in [9.17, 15) is 14.4 Å². The first-order valence-corrected chi connectivity index (χ1v) is 4.73. The number of esters is 1. The summed E-state index contributed by atoms with van der Waals surface area (Å²) in [5.74, 6) is -2.21. The Morgan fingerprint density at radius 2 is 1.75 bits per heavy atom. The molecule has 2 amide bonds. The summed E-state index contributed by atoms with van der Waals surface area (Å²) >= 11 is 0. The lowest BCUT2D eigenvalue weighted by atomic mass is 10.1. The van der Waals surface area contributed by atoms with Crippen molar-refractivity contribution in [1.82, 2.24) is 10.6 Å². The molecule has 0 aromatic carbocycles. The first-order valence-electron chi connectivity index (χ1n) is 4.73. The summed E-state index contributed by atoms with van der Waals surface area (Å²) in [6.45, 7) is 3.56. The van der Waals surface area contributed by atoms with Crippen LogP contribution in [0.4, 0.5) is 0 Å². The molecule has 2 N–H and O–H groups in total. The highest BCUT2D eigenvalue weighted by Crippen LogP contribution is 2.08. The molecule has 1 heterocycles. The predicted octanol–water partition coefficient (Wildman–Crippen LogP) is -1.21. The standard InChI is InChI=1S/C9H13N3O4/c1-4(2)5(8(15)16-3)10-9-11-6(13)7(14)12-9/h4-5H,1-3H3,(H2,10,11,12,13,14). The lowest BCUT2D eigenvalue weighted by Gasteiger charge is -2.14. The summed E-state index contributed by atoms with van der Waals surface area (Å²) in [6, 6.07) is -0.751. The minimum atomic E-state index is -0.786. The third-order valence-electron chi connectivity index (χ3n) is 2.01. The van der Waals surface area contributed by atoms with Crippen LogP contribution in [0.3, 0.4) is 0 Å². The Bertz CT molecular complexity index is 344. The molecule has 0 saturated carbocycles. The van der Waals surface area contributed by atoms with E-state index >= 15 is 0 Å². The number of nitrogens with one attached hydrogen (secondary N) is 2. The first-order chi connectivity index (χ1) is 7.45. The Morgan fingerprint density at radius 3 is 2.12 bits per heavy atom. The van der Waals surface area contributed by atoms with Crippen LogP contribution in [-0.4, -0.2) is 36.9 Å². The van der Waals surface area contributed by atoms with Gasteiger partial charge in [0, 0.05) is 0 Å². The lowest BCUT2D eigenvalue weighted by Crippen LogP contribution is -2.33. The van der Waals surface area contributed by atoms with Gasteiger partial charge in [-0.1, -0.05) is 13.8 Å². The second kappa shape index (κ2) is 4.73. The van der Waals surface area contributed by atoms with Crippen LogP contribution in [0.25, 0.3) is 0 Å². The number of amides is 2. The average molecular weight is 227 g/mol. The van der Waals surface area contributed by atoms with E-state index in [4.69, 9.17) is 0 Å². The molecule has 1 aliphatic rings. The van der Waals surface area contributed by atoms with Gasteiger partial charge in [0.05, 0.1) is 7.11 Å². The normalized spacial score (nSPS) is 16.9. The predicted molar refractivity (Wildman–Crippen MR) is 54.4 cm³/mol. The van der Waals surface area contributed by atoms with E-state index in [-0.39, 0.29) is 11.9 Å². The minimum absolute atomic E-state index is 0.0147. The largest absolute Gasteiger partial charge is 0.467 e. The number of carbonyl (C=O) groups excluding carboxylic acids is 3. The van der Waals surface area contributed by atoms with Crippen molar-refractivity contribution in [2.45, 2.75) is 19.9 Å². The molecule has 16 heavy (non-hydrogen) atoms. The van der Waals surface area contributed by atoms with Gasteiger partial charge in [0.1, 0.15) is 0 Å². The molecule has 0 radical (unpaired) electrons. The zero-order valence-electron chi connectivity index (χ0n) is 9.23. The smallest absolute Gasteiger partial charge is 0.330 e. The molecular weight excluding hydrogens is 214 g/mol. The molecule has 1 fully saturated rings. The molecule has 1 rings (SSSR count). The van der Waals surface area contributed by atoms with Gasteiger partial charge in [-0.15, -0.1) is 0 Å². The average Bonchev–Trinajstić information content (AvgIpc) is 2.53. The fourth-order valence-corrected chi connectivity index (χ4v) is 1.16. The van der Waals surface area contributed by atoms with E-state index in [1.807, 2.05) is 0 Å². The molecule has 0 aliphatic carbocycles. The molecule has 0 spiro atoms. The molecule has 7 nitrogen and oxygen atoms in total. The van der Waals surface area contributed by atoms with E-state index in [0.29, 0.717) is 0 Å². The number of rotatable bonds is 3. The van der Waals surface area contributed by atoms with E-state index in [2.05, 4.69) is 20.4 Å². The van der Waals surface area contributed by atoms with E-state index in [1.54, 1.807) is 13.8 Å². The number of carbonyl (C=O) groups is 3. The summed E-state index contributed by atoms with van der Waals surface area (Å²) in [4.78, 5) is 37.0. The summed E-state index contributed by atoms with van der Waals surface area (Å²) in [5, 5.41) is 4.42. The van der Waals surface area contributed by atoms with Crippen LogP contribution in [0.15, 0.2) is 4.99 Å². The van der Waals surface area contributed by atoms with Gasteiger partial charge >= 0.3 is 17.8 Å². The molecule has 0 aromatic rings. The van der Waals surface area contributed by atoms with Crippen molar-refractivity contribution in [3.63, 3.8) is 0 Å². The summed E-state index contributed by atoms with van der Waals surface area (Å²) in [5.41, 5.74) is 0. The number of hydrogen-bond donors (Lipinski definition) is 2. The topological polar surface area (TPSA) is 96.9 Å². The summed E-state index contributed by atoms with van der Waals surface area (Å²) in [7, 11) is 1.25. The van der Waals surface area contributed by atoms with Crippen molar-refractivity contribution in [3.05, 3.63) is 0 Å². The monoisotopic (exact) mass is 227 g/mol. The Morgan fingerprint density at radius 1 is 1.25 bits per heavy atom. The molecule has 1 unspecified atom stereocenters. The van der Waals surface area contributed by atoms with Crippen LogP contribution in [0.1, 0.15) is 13.8 Å². The van der Waals surface area contributed by atoms with Gasteiger partial charge in [0.15, 0.2) is 6.04 Å². The second-order valence-corrected chi connectivity index (χ2v) is 3.60. The van der Waals surface area contributed by atoms with Crippen LogP contribution >= 0.6 is 0 Å². The van der Waals surface area contributed by atoms with Crippen LogP contribution in [0.5, 0.6) is 0 Å². The molecule has 0 bridgehead atoms. The third-order valence-corrected chi connectivity index (χ3v) is 2.01. The highest BCUT2D eigenvalue weighted by atomic mass is 16.5. The molecular formula is C9H13N3O4. The summed E-state index contributed by atoms with van der Waals surface area (Å²) in [6.07, 6.45) is 0. The number of aliphatic imine (C=N–C) groups is 1. The Labute approximate surface area is 92.2 Å². The quantitative estimate of drug-likeness (QED) is 0.467. The fourth-order valence-electron chi connectivity index (χ4n) is 1.16. The van der Waals surface area contributed by atoms with Crippen molar-refractivity contribution < 1.29 is 19.1 Å². The van der Waals surface area contributed by atoms with Gasteiger partial charge in [-0.3, -0.25) is 20.2 Å². The molecule has 1 aliphatic heterocycles. The molecule has 1 saturated heterocycles. The zero-order valence-corrected chi connectivity index (χ0v) is 9.23. The van der Waals surface area contributed by atoms with Crippen molar-refractivity contribution in [1.29, 1.82) is 0 Å². The van der Waals surface area contributed by atoms with E-state index in [1.165, 1.54) is 7.11 Å². The highest BCUT2D eigenvalue weighted by Gasteiger charge is 2.29. The van der Waals surface area contributed by atoms with Gasteiger partial charge in [-0.2, -0.15) is 0 Å². The fraction of sp³-hybridized carbons (Fsp3) is 0.556. The Kier molecular flexibility index (Phi) is 3.60. The van der Waals surface area contributed by atoms with Crippen LogP contribution in [0.2, 0.25) is 0 Å². The maximum atomic E-state index is 11.3. The number of nitrogens with zero attached hydrogens (tertiary/aromatic N) is 1. The van der Waals surface area contributed by atoms with Crippen LogP contribution in [-0.2, 0) is 19.1 Å². The number of methoxy groups -OCH3 is 1. The Hall–Kier alpha value is -1.92. The molecule has 88 valence electrons. The van der Waals surface area contributed by atoms with Gasteiger partial charge in [0.25, 0.3) is 0 Å². The zero-order chi connectivity index (χ0) is 12.3. The molecule has 7 heteroatoms. The second-order valence-electron chi connectivity index (χ2n) is 3.60.